The fourth-order valence-electron chi connectivity index (χ4n) is 5.53. The van der Waals surface area contributed by atoms with Crippen molar-refractivity contribution in [2.75, 3.05) is 4.90 Å². The zero-order valence-electron chi connectivity index (χ0n) is 22.1. The van der Waals surface area contributed by atoms with Crippen LogP contribution in [0.5, 0.6) is 0 Å². The minimum absolute atomic E-state index is 0.370. The first kappa shape index (κ1) is 25.0. The zero-order chi connectivity index (χ0) is 27.3. The van der Waals surface area contributed by atoms with E-state index in [1.165, 1.54) is 16.5 Å². The predicted molar refractivity (Wildman–Crippen MR) is 157 cm³/mol. The molecule has 4 heteroatoms. The van der Waals surface area contributed by atoms with Gasteiger partial charge in [0.1, 0.15) is 0 Å². The minimum atomic E-state index is -4.39. The summed E-state index contributed by atoms with van der Waals surface area (Å²) >= 11 is 0. The molecule has 0 unspecified atom stereocenters. The molecule has 194 valence electrons. The number of halogens is 3. The van der Waals surface area contributed by atoms with E-state index in [1.54, 1.807) is 12.1 Å². The highest BCUT2D eigenvalue weighted by atomic mass is 19.4. The van der Waals surface area contributed by atoms with Gasteiger partial charge in [0, 0.05) is 16.8 Å². The topological polar surface area (TPSA) is 3.24 Å². The maximum Gasteiger partial charge on any atom is 0.416 e. The first-order valence-corrected chi connectivity index (χ1v) is 13.1. The second-order valence-corrected chi connectivity index (χ2v) is 10.4. The molecule has 0 fully saturated rings. The molecule has 6 aromatic carbocycles. The Kier molecular flexibility index (Phi) is 6.06. The van der Waals surface area contributed by atoms with E-state index in [-0.39, 0.29) is 0 Å². The monoisotopic (exact) mass is 519 g/mol. The minimum Gasteiger partial charge on any atom is -0.310 e. The van der Waals surface area contributed by atoms with Crippen molar-refractivity contribution in [1.82, 2.24) is 0 Å². The van der Waals surface area contributed by atoms with Gasteiger partial charge in [-0.2, -0.15) is 13.2 Å². The Hall–Kier alpha value is -4.31. The SMILES string of the molecule is Cc1cc2c3ccccc3c(N(c3ccc(C(C)C)cc3)c3ccc(C(F)(F)F)cc3)cc2c2ccccc12. The first-order valence-electron chi connectivity index (χ1n) is 13.1. The standard InChI is InChI=1S/C35H28F3N/c1-22(2)24-12-16-26(17-13-24)39(27-18-14-25(15-19-27)35(36,37)38)34-21-33-29-9-5-4-8-28(29)23(3)20-32(33)30-10-6-7-11-31(30)34/h4-22H,1-3H3. The molecule has 6 aromatic rings. The smallest absolute Gasteiger partial charge is 0.310 e. The summed E-state index contributed by atoms with van der Waals surface area (Å²) in [7, 11) is 0. The third-order valence-corrected chi connectivity index (χ3v) is 7.58. The Balaban J connectivity index is 1.68. The lowest BCUT2D eigenvalue weighted by Gasteiger charge is -2.28. The van der Waals surface area contributed by atoms with Crippen LogP contribution in [0, 0.1) is 6.92 Å². The lowest BCUT2D eigenvalue weighted by atomic mass is 9.92. The summed E-state index contributed by atoms with van der Waals surface area (Å²) in [6.07, 6.45) is -4.39. The molecule has 6 rings (SSSR count). The summed E-state index contributed by atoms with van der Waals surface area (Å²) in [5.41, 5.74) is 4.23. The highest BCUT2D eigenvalue weighted by Gasteiger charge is 2.30. The predicted octanol–water partition coefficient (Wildman–Crippen LogP) is 11.1. The van der Waals surface area contributed by atoms with Crippen LogP contribution in [0.15, 0.2) is 109 Å². The molecule has 1 nitrogen and oxygen atoms in total. The van der Waals surface area contributed by atoms with E-state index < -0.39 is 11.7 Å². The summed E-state index contributed by atoms with van der Waals surface area (Å²) in [6.45, 7) is 6.42. The molecule has 0 spiro atoms. The largest absolute Gasteiger partial charge is 0.416 e. The molecule has 0 aliphatic rings. The van der Waals surface area contributed by atoms with Crippen LogP contribution in [0.3, 0.4) is 0 Å². The number of alkyl halides is 3. The maximum absolute atomic E-state index is 13.4. The second-order valence-electron chi connectivity index (χ2n) is 10.4. The molecule has 0 saturated heterocycles. The van der Waals surface area contributed by atoms with Gasteiger partial charge in [-0.1, -0.05) is 80.6 Å². The van der Waals surface area contributed by atoms with Crippen molar-refractivity contribution in [2.45, 2.75) is 32.9 Å². The van der Waals surface area contributed by atoms with E-state index in [0.29, 0.717) is 11.6 Å². The van der Waals surface area contributed by atoms with E-state index >= 15 is 0 Å². The van der Waals surface area contributed by atoms with Crippen molar-refractivity contribution >= 4 is 49.4 Å². The molecule has 0 radical (unpaired) electrons. The van der Waals surface area contributed by atoms with Gasteiger partial charge < -0.3 is 4.90 Å². The molecule has 0 heterocycles. The maximum atomic E-state index is 13.4. The molecule has 0 atom stereocenters. The van der Waals surface area contributed by atoms with Crippen molar-refractivity contribution in [3.63, 3.8) is 0 Å². The Labute approximate surface area is 226 Å². The van der Waals surface area contributed by atoms with Gasteiger partial charge >= 0.3 is 6.18 Å². The molecule has 0 aromatic heterocycles. The van der Waals surface area contributed by atoms with Gasteiger partial charge in [0.15, 0.2) is 0 Å². The van der Waals surface area contributed by atoms with E-state index in [9.17, 15) is 13.2 Å². The molecule has 0 amide bonds. The molecular formula is C35H28F3N. The summed E-state index contributed by atoms with van der Waals surface area (Å²) in [5, 5.41) is 6.76. The lowest BCUT2D eigenvalue weighted by Crippen LogP contribution is -2.12. The van der Waals surface area contributed by atoms with Crippen LogP contribution < -0.4 is 4.90 Å². The van der Waals surface area contributed by atoms with Gasteiger partial charge in [0.25, 0.3) is 0 Å². The fraction of sp³-hybridized carbons (Fsp3) is 0.143. The highest BCUT2D eigenvalue weighted by molar-refractivity contribution is 6.22. The zero-order valence-corrected chi connectivity index (χ0v) is 22.1. The number of aryl methyl sites for hydroxylation is 1. The molecule has 39 heavy (non-hydrogen) atoms. The van der Waals surface area contributed by atoms with Crippen LogP contribution in [0.4, 0.5) is 30.2 Å². The molecule has 0 aliphatic heterocycles. The Bertz CT molecular complexity index is 1810. The normalized spacial score (nSPS) is 12.1. The number of anilines is 3. The third kappa shape index (κ3) is 4.40. The molecule has 0 N–H and O–H groups in total. The van der Waals surface area contributed by atoms with Crippen LogP contribution in [0.1, 0.15) is 36.5 Å². The van der Waals surface area contributed by atoms with Crippen molar-refractivity contribution in [3.05, 3.63) is 126 Å². The number of rotatable bonds is 4. The molecule has 0 bridgehead atoms. The van der Waals surface area contributed by atoms with Gasteiger partial charge in [0.05, 0.1) is 11.3 Å². The van der Waals surface area contributed by atoms with E-state index in [1.807, 2.05) is 24.3 Å². The van der Waals surface area contributed by atoms with E-state index in [0.717, 1.165) is 50.4 Å². The first-order chi connectivity index (χ1) is 18.7. The summed E-state index contributed by atoms with van der Waals surface area (Å²) in [5.74, 6) is 0.370. The molecule has 0 saturated carbocycles. The number of hydrogen-bond donors (Lipinski definition) is 0. The van der Waals surface area contributed by atoms with Crippen LogP contribution in [0.2, 0.25) is 0 Å². The van der Waals surface area contributed by atoms with Gasteiger partial charge in [-0.05, 0) is 93.4 Å². The van der Waals surface area contributed by atoms with Crippen LogP contribution in [-0.4, -0.2) is 0 Å². The average molecular weight is 520 g/mol. The quantitative estimate of drug-likeness (QED) is 0.209. The third-order valence-electron chi connectivity index (χ3n) is 7.58. The fourth-order valence-corrected chi connectivity index (χ4v) is 5.53. The highest BCUT2D eigenvalue weighted by Crippen LogP contribution is 2.44. The summed E-state index contributed by atoms with van der Waals surface area (Å²) in [6, 6.07) is 34.8. The van der Waals surface area contributed by atoms with Gasteiger partial charge in [-0.15, -0.1) is 0 Å². The summed E-state index contributed by atoms with van der Waals surface area (Å²) < 4.78 is 40.3. The number of benzene rings is 6. The lowest BCUT2D eigenvalue weighted by molar-refractivity contribution is -0.137. The van der Waals surface area contributed by atoms with Gasteiger partial charge in [-0.25, -0.2) is 0 Å². The Morgan fingerprint density at radius 3 is 1.62 bits per heavy atom. The van der Waals surface area contributed by atoms with E-state index in [4.69, 9.17) is 0 Å². The number of hydrogen-bond acceptors (Lipinski definition) is 1. The van der Waals surface area contributed by atoms with Crippen LogP contribution in [0.25, 0.3) is 32.3 Å². The van der Waals surface area contributed by atoms with Crippen molar-refractivity contribution in [2.24, 2.45) is 0 Å². The molecular weight excluding hydrogens is 491 g/mol. The van der Waals surface area contributed by atoms with Gasteiger partial charge in [-0.3, -0.25) is 0 Å². The van der Waals surface area contributed by atoms with E-state index in [2.05, 4.69) is 86.3 Å². The van der Waals surface area contributed by atoms with Crippen LogP contribution in [-0.2, 0) is 6.18 Å². The summed E-state index contributed by atoms with van der Waals surface area (Å²) in [4.78, 5) is 2.07. The number of fused-ring (bicyclic) bond motifs is 5. The number of nitrogens with zero attached hydrogens (tertiary/aromatic N) is 1. The Morgan fingerprint density at radius 2 is 1.05 bits per heavy atom. The van der Waals surface area contributed by atoms with Crippen molar-refractivity contribution < 1.29 is 13.2 Å². The molecule has 0 aliphatic carbocycles. The average Bonchev–Trinajstić information content (AvgIpc) is 2.94. The van der Waals surface area contributed by atoms with Crippen molar-refractivity contribution in [1.29, 1.82) is 0 Å². The van der Waals surface area contributed by atoms with Crippen molar-refractivity contribution in [3.8, 4) is 0 Å². The van der Waals surface area contributed by atoms with Gasteiger partial charge in [0.2, 0.25) is 0 Å². The second kappa shape index (κ2) is 9.46. The Morgan fingerprint density at radius 1 is 0.564 bits per heavy atom. The van der Waals surface area contributed by atoms with Crippen LogP contribution >= 0.6 is 0 Å².